The quantitative estimate of drug-likeness (QED) is 0.779. The Labute approximate surface area is 116 Å². The molecule has 2 rings (SSSR count). The summed E-state index contributed by atoms with van der Waals surface area (Å²) in [5.41, 5.74) is 2.90. The van der Waals surface area contributed by atoms with Crippen molar-refractivity contribution < 1.29 is 4.74 Å². The van der Waals surface area contributed by atoms with E-state index < -0.39 is 0 Å². The van der Waals surface area contributed by atoms with Crippen molar-refractivity contribution in [2.24, 2.45) is 0 Å². The van der Waals surface area contributed by atoms with Gasteiger partial charge >= 0.3 is 0 Å². The second-order valence-electron chi connectivity index (χ2n) is 5.32. The highest BCUT2D eigenvalue weighted by molar-refractivity contribution is 5.39. The van der Waals surface area contributed by atoms with Crippen molar-refractivity contribution >= 4 is 0 Å². The number of fused-ring (bicyclic) bond motifs is 1. The third-order valence-corrected chi connectivity index (χ3v) is 3.72. The average Bonchev–Trinajstić information content (AvgIpc) is 2.44. The summed E-state index contributed by atoms with van der Waals surface area (Å²) < 4.78 is 5.81. The summed E-state index contributed by atoms with van der Waals surface area (Å²) >= 11 is 0. The SMILES string of the molecule is C=CC(C)Oc1ccc2c(c1)CCCC2NCCC. The van der Waals surface area contributed by atoms with Crippen LogP contribution in [0.25, 0.3) is 0 Å². The van der Waals surface area contributed by atoms with Gasteiger partial charge in [0.2, 0.25) is 0 Å². The van der Waals surface area contributed by atoms with E-state index in [1.807, 2.05) is 13.0 Å². The first kappa shape index (κ1) is 14.1. The molecule has 1 N–H and O–H groups in total. The molecule has 0 aromatic heterocycles. The largest absolute Gasteiger partial charge is 0.487 e. The van der Waals surface area contributed by atoms with E-state index in [-0.39, 0.29) is 6.10 Å². The number of nitrogens with one attached hydrogen (secondary N) is 1. The van der Waals surface area contributed by atoms with Crippen LogP contribution in [-0.2, 0) is 6.42 Å². The Bertz CT molecular complexity index is 427. The van der Waals surface area contributed by atoms with Crippen LogP contribution in [0.3, 0.4) is 0 Å². The Kier molecular flexibility index (Phi) is 5.03. The predicted octanol–water partition coefficient (Wildman–Crippen LogP) is 4.02. The van der Waals surface area contributed by atoms with Gasteiger partial charge in [-0.25, -0.2) is 0 Å². The number of ether oxygens (including phenoxy) is 1. The molecule has 0 aliphatic heterocycles. The zero-order valence-electron chi connectivity index (χ0n) is 12.1. The van der Waals surface area contributed by atoms with E-state index in [9.17, 15) is 0 Å². The zero-order valence-corrected chi connectivity index (χ0v) is 12.1. The smallest absolute Gasteiger partial charge is 0.120 e. The molecule has 1 aromatic rings. The van der Waals surface area contributed by atoms with E-state index in [1.165, 1.54) is 36.8 Å². The van der Waals surface area contributed by atoms with Crippen LogP contribution in [0.2, 0.25) is 0 Å². The molecule has 0 saturated carbocycles. The van der Waals surface area contributed by atoms with E-state index in [0.717, 1.165) is 12.3 Å². The molecule has 2 nitrogen and oxygen atoms in total. The summed E-state index contributed by atoms with van der Waals surface area (Å²) in [5.74, 6) is 0.960. The van der Waals surface area contributed by atoms with Crippen LogP contribution in [0.1, 0.15) is 50.3 Å². The van der Waals surface area contributed by atoms with Crippen molar-refractivity contribution in [3.05, 3.63) is 42.0 Å². The second-order valence-corrected chi connectivity index (χ2v) is 5.32. The number of aryl methyl sites for hydroxylation is 1. The first-order valence-corrected chi connectivity index (χ1v) is 7.40. The summed E-state index contributed by atoms with van der Waals surface area (Å²) in [4.78, 5) is 0. The molecular weight excluding hydrogens is 234 g/mol. The fraction of sp³-hybridized carbons (Fsp3) is 0.529. The molecule has 0 radical (unpaired) electrons. The van der Waals surface area contributed by atoms with E-state index >= 15 is 0 Å². The molecule has 2 atom stereocenters. The highest BCUT2D eigenvalue weighted by Gasteiger charge is 2.19. The standard InChI is InChI=1S/C17H25NO/c1-4-11-18-17-8-6-7-14-12-15(9-10-16(14)17)19-13(3)5-2/h5,9-10,12-13,17-18H,2,4,6-8,11H2,1,3H3. The second kappa shape index (κ2) is 6.76. The molecule has 1 aliphatic carbocycles. The number of hydrogen-bond donors (Lipinski definition) is 1. The number of rotatable bonds is 6. The molecule has 0 fully saturated rings. The van der Waals surface area contributed by atoms with Gasteiger partial charge < -0.3 is 10.1 Å². The summed E-state index contributed by atoms with van der Waals surface area (Å²) in [6.45, 7) is 9.07. The highest BCUT2D eigenvalue weighted by Crippen LogP contribution is 2.32. The topological polar surface area (TPSA) is 21.3 Å². The van der Waals surface area contributed by atoms with Crippen molar-refractivity contribution in [1.82, 2.24) is 5.32 Å². The van der Waals surface area contributed by atoms with Gasteiger partial charge in [0.05, 0.1) is 0 Å². The van der Waals surface area contributed by atoms with Crippen LogP contribution >= 0.6 is 0 Å². The first-order valence-electron chi connectivity index (χ1n) is 7.40. The lowest BCUT2D eigenvalue weighted by Crippen LogP contribution is -2.25. The van der Waals surface area contributed by atoms with Gasteiger partial charge in [-0.05, 0) is 62.4 Å². The fourth-order valence-electron chi connectivity index (χ4n) is 2.66. The van der Waals surface area contributed by atoms with Crippen LogP contribution in [0.4, 0.5) is 0 Å². The molecule has 2 unspecified atom stereocenters. The van der Waals surface area contributed by atoms with Crippen LogP contribution < -0.4 is 10.1 Å². The van der Waals surface area contributed by atoms with E-state index in [2.05, 4.69) is 37.0 Å². The van der Waals surface area contributed by atoms with E-state index in [1.54, 1.807) is 0 Å². The molecular formula is C17H25NO. The van der Waals surface area contributed by atoms with Crippen molar-refractivity contribution in [3.63, 3.8) is 0 Å². The first-order chi connectivity index (χ1) is 9.24. The van der Waals surface area contributed by atoms with Crippen LogP contribution in [0, 0.1) is 0 Å². The lowest BCUT2D eigenvalue weighted by Gasteiger charge is -2.27. The van der Waals surface area contributed by atoms with Crippen molar-refractivity contribution in [2.75, 3.05) is 6.54 Å². The van der Waals surface area contributed by atoms with Gasteiger partial charge in [0, 0.05) is 6.04 Å². The predicted molar refractivity (Wildman–Crippen MR) is 80.7 cm³/mol. The van der Waals surface area contributed by atoms with Crippen molar-refractivity contribution in [3.8, 4) is 5.75 Å². The third kappa shape index (κ3) is 3.60. The monoisotopic (exact) mass is 259 g/mol. The van der Waals surface area contributed by atoms with Gasteiger partial charge in [0.15, 0.2) is 0 Å². The maximum Gasteiger partial charge on any atom is 0.120 e. The molecule has 19 heavy (non-hydrogen) atoms. The molecule has 0 spiro atoms. The van der Waals surface area contributed by atoms with Crippen LogP contribution in [0.5, 0.6) is 5.75 Å². The molecule has 1 aromatic carbocycles. The van der Waals surface area contributed by atoms with Gasteiger partial charge in [-0.2, -0.15) is 0 Å². The normalized spacial score (nSPS) is 19.6. The summed E-state index contributed by atoms with van der Waals surface area (Å²) in [6, 6.07) is 7.04. The van der Waals surface area contributed by atoms with Gasteiger partial charge in [0.1, 0.15) is 11.9 Å². The van der Waals surface area contributed by atoms with E-state index in [0.29, 0.717) is 6.04 Å². The molecule has 0 bridgehead atoms. The Hall–Kier alpha value is -1.28. The average molecular weight is 259 g/mol. The Morgan fingerprint density at radius 1 is 1.53 bits per heavy atom. The minimum absolute atomic E-state index is 0.0654. The van der Waals surface area contributed by atoms with E-state index in [4.69, 9.17) is 4.74 Å². The fourth-order valence-corrected chi connectivity index (χ4v) is 2.66. The van der Waals surface area contributed by atoms with Gasteiger partial charge in [-0.1, -0.05) is 25.6 Å². The number of hydrogen-bond acceptors (Lipinski definition) is 2. The Morgan fingerprint density at radius 2 is 2.37 bits per heavy atom. The minimum Gasteiger partial charge on any atom is -0.487 e. The Morgan fingerprint density at radius 3 is 3.11 bits per heavy atom. The van der Waals surface area contributed by atoms with Crippen LogP contribution in [-0.4, -0.2) is 12.6 Å². The summed E-state index contributed by atoms with van der Waals surface area (Å²) in [7, 11) is 0. The van der Waals surface area contributed by atoms with Crippen molar-refractivity contribution in [1.29, 1.82) is 0 Å². The Balaban J connectivity index is 2.13. The highest BCUT2D eigenvalue weighted by atomic mass is 16.5. The number of benzene rings is 1. The zero-order chi connectivity index (χ0) is 13.7. The molecule has 0 heterocycles. The van der Waals surface area contributed by atoms with Gasteiger partial charge in [-0.3, -0.25) is 0 Å². The van der Waals surface area contributed by atoms with Crippen molar-refractivity contribution in [2.45, 2.75) is 51.7 Å². The maximum absolute atomic E-state index is 5.81. The maximum atomic E-state index is 5.81. The van der Waals surface area contributed by atoms with Gasteiger partial charge in [-0.15, -0.1) is 0 Å². The summed E-state index contributed by atoms with van der Waals surface area (Å²) in [6.07, 6.45) is 6.75. The lowest BCUT2D eigenvalue weighted by atomic mass is 9.87. The lowest BCUT2D eigenvalue weighted by molar-refractivity contribution is 0.269. The molecule has 1 aliphatic rings. The minimum atomic E-state index is 0.0654. The summed E-state index contributed by atoms with van der Waals surface area (Å²) in [5, 5.41) is 3.64. The molecule has 104 valence electrons. The molecule has 0 saturated heterocycles. The third-order valence-electron chi connectivity index (χ3n) is 3.72. The molecule has 0 amide bonds. The van der Waals surface area contributed by atoms with Crippen LogP contribution in [0.15, 0.2) is 30.9 Å². The van der Waals surface area contributed by atoms with Gasteiger partial charge in [0.25, 0.3) is 0 Å². The molecule has 2 heteroatoms.